The first-order chi connectivity index (χ1) is 6.79. The Morgan fingerprint density at radius 2 is 1.86 bits per heavy atom. The van der Waals surface area contributed by atoms with Crippen LogP contribution in [-0.2, 0) is 0 Å². The third-order valence-electron chi connectivity index (χ3n) is 2.21. The molecule has 0 unspecified atom stereocenters. The van der Waals surface area contributed by atoms with Gasteiger partial charge < -0.3 is 0 Å². The number of aryl methyl sites for hydroxylation is 1. The van der Waals surface area contributed by atoms with E-state index in [0.717, 1.165) is 11.1 Å². The standard InChI is InChI=1S/C13H10F/c1-10-6-2-3-7-11(10)12-8-4-5-9-13(12)14/h2-6,8-9H,1H3. The van der Waals surface area contributed by atoms with E-state index in [2.05, 4.69) is 6.07 Å². The van der Waals surface area contributed by atoms with Crippen LogP contribution in [0.2, 0.25) is 0 Å². The van der Waals surface area contributed by atoms with E-state index < -0.39 is 0 Å². The van der Waals surface area contributed by atoms with Crippen molar-refractivity contribution < 1.29 is 4.39 Å². The monoisotopic (exact) mass is 185 g/mol. The van der Waals surface area contributed by atoms with Gasteiger partial charge in [-0.05, 0) is 30.2 Å². The van der Waals surface area contributed by atoms with Crippen LogP contribution in [0.25, 0.3) is 11.1 Å². The molecule has 0 saturated carbocycles. The third-order valence-corrected chi connectivity index (χ3v) is 2.21. The van der Waals surface area contributed by atoms with Crippen molar-refractivity contribution in [2.24, 2.45) is 0 Å². The largest absolute Gasteiger partial charge is 0.206 e. The molecular weight excluding hydrogens is 175 g/mol. The van der Waals surface area contributed by atoms with Crippen molar-refractivity contribution in [3.8, 4) is 11.1 Å². The summed E-state index contributed by atoms with van der Waals surface area (Å²) in [4.78, 5) is 0. The van der Waals surface area contributed by atoms with Gasteiger partial charge >= 0.3 is 0 Å². The highest BCUT2D eigenvalue weighted by Crippen LogP contribution is 2.24. The van der Waals surface area contributed by atoms with Gasteiger partial charge in [0.25, 0.3) is 0 Å². The van der Waals surface area contributed by atoms with Gasteiger partial charge in [0.2, 0.25) is 0 Å². The number of halogens is 1. The molecule has 2 rings (SSSR count). The molecule has 2 aromatic carbocycles. The van der Waals surface area contributed by atoms with Crippen LogP contribution in [0.4, 0.5) is 4.39 Å². The van der Waals surface area contributed by atoms with Crippen LogP contribution in [0.5, 0.6) is 0 Å². The highest BCUT2D eigenvalue weighted by molar-refractivity contribution is 5.66. The maximum absolute atomic E-state index is 13.4. The second kappa shape index (κ2) is 3.62. The molecule has 0 N–H and O–H groups in total. The Morgan fingerprint density at radius 3 is 2.57 bits per heavy atom. The molecule has 0 aliphatic carbocycles. The summed E-state index contributed by atoms with van der Waals surface area (Å²) in [6.45, 7) is 1.96. The SMILES string of the molecule is Cc1ccc[c]c1-c1ccccc1F. The van der Waals surface area contributed by atoms with Gasteiger partial charge in [0, 0.05) is 5.56 Å². The highest BCUT2D eigenvalue weighted by atomic mass is 19.1. The number of benzene rings is 2. The molecule has 0 nitrogen and oxygen atoms in total. The summed E-state index contributed by atoms with van der Waals surface area (Å²) in [6.07, 6.45) is 0. The van der Waals surface area contributed by atoms with Gasteiger partial charge in [-0.2, -0.15) is 0 Å². The summed E-state index contributed by atoms with van der Waals surface area (Å²) in [5, 5.41) is 0. The van der Waals surface area contributed by atoms with Gasteiger partial charge in [-0.25, -0.2) is 4.39 Å². The Hall–Kier alpha value is -1.63. The lowest BCUT2D eigenvalue weighted by Crippen LogP contribution is -1.86. The lowest BCUT2D eigenvalue weighted by atomic mass is 10.0. The molecular formula is C13H10F. The Labute approximate surface area is 83.0 Å². The molecule has 69 valence electrons. The summed E-state index contributed by atoms with van der Waals surface area (Å²) < 4.78 is 13.4. The van der Waals surface area contributed by atoms with E-state index in [1.807, 2.05) is 25.1 Å². The zero-order chi connectivity index (χ0) is 9.97. The van der Waals surface area contributed by atoms with Crippen LogP contribution in [0.1, 0.15) is 5.56 Å². The van der Waals surface area contributed by atoms with Crippen molar-refractivity contribution in [1.29, 1.82) is 0 Å². The summed E-state index contributed by atoms with van der Waals surface area (Å²) >= 11 is 0. The minimum absolute atomic E-state index is 0.196. The van der Waals surface area contributed by atoms with E-state index in [-0.39, 0.29) is 5.82 Å². The maximum atomic E-state index is 13.4. The van der Waals surface area contributed by atoms with Crippen LogP contribution in [0, 0.1) is 18.8 Å². The zero-order valence-electron chi connectivity index (χ0n) is 7.92. The van der Waals surface area contributed by atoms with E-state index in [1.54, 1.807) is 18.2 Å². The Morgan fingerprint density at radius 1 is 1.07 bits per heavy atom. The molecule has 0 saturated heterocycles. The highest BCUT2D eigenvalue weighted by Gasteiger charge is 2.05. The Balaban J connectivity index is 2.61. The molecule has 0 atom stereocenters. The summed E-state index contributed by atoms with van der Waals surface area (Å²) in [5.74, 6) is -0.196. The molecule has 0 amide bonds. The fourth-order valence-electron chi connectivity index (χ4n) is 1.48. The van der Waals surface area contributed by atoms with Gasteiger partial charge in [-0.15, -0.1) is 0 Å². The maximum Gasteiger partial charge on any atom is 0.131 e. The van der Waals surface area contributed by atoms with Gasteiger partial charge in [0.05, 0.1) is 0 Å². The molecule has 0 bridgehead atoms. The average molecular weight is 185 g/mol. The van der Waals surface area contributed by atoms with Gasteiger partial charge in [0.1, 0.15) is 5.82 Å². The lowest BCUT2D eigenvalue weighted by Gasteiger charge is -2.05. The second-order valence-corrected chi connectivity index (χ2v) is 3.21. The van der Waals surface area contributed by atoms with Crippen LogP contribution < -0.4 is 0 Å². The molecule has 0 spiro atoms. The fourth-order valence-corrected chi connectivity index (χ4v) is 1.48. The third kappa shape index (κ3) is 1.53. The normalized spacial score (nSPS) is 10.1. The zero-order valence-corrected chi connectivity index (χ0v) is 7.92. The van der Waals surface area contributed by atoms with E-state index in [1.165, 1.54) is 6.07 Å². The second-order valence-electron chi connectivity index (χ2n) is 3.21. The predicted molar refractivity (Wildman–Crippen MR) is 55.4 cm³/mol. The first-order valence-electron chi connectivity index (χ1n) is 4.51. The smallest absolute Gasteiger partial charge is 0.131 e. The molecule has 0 aliphatic rings. The van der Waals surface area contributed by atoms with Gasteiger partial charge in [-0.3, -0.25) is 0 Å². The predicted octanol–water partition coefficient (Wildman–Crippen LogP) is 3.60. The van der Waals surface area contributed by atoms with Gasteiger partial charge in [0.15, 0.2) is 0 Å². The molecule has 1 heteroatoms. The first kappa shape index (κ1) is 8.95. The molecule has 0 aliphatic heterocycles. The topological polar surface area (TPSA) is 0 Å². The minimum atomic E-state index is -0.196. The molecule has 1 radical (unpaired) electrons. The average Bonchev–Trinajstić information content (AvgIpc) is 2.20. The minimum Gasteiger partial charge on any atom is -0.206 e. The number of hydrogen-bond acceptors (Lipinski definition) is 0. The van der Waals surface area contributed by atoms with Crippen molar-refractivity contribution in [1.82, 2.24) is 0 Å². The van der Waals surface area contributed by atoms with E-state index in [9.17, 15) is 4.39 Å². The van der Waals surface area contributed by atoms with Crippen LogP contribution >= 0.6 is 0 Å². The quantitative estimate of drug-likeness (QED) is 0.636. The van der Waals surface area contributed by atoms with Crippen LogP contribution in [0.3, 0.4) is 0 Å². The molecule has 2 aromatic rings. The Bertz CT molecular complexity index is 403. The number of rotatable bonds is 1. The van der Waals surface area contributed by atoms with Gasteiger partial charge in [-0.1, -0.05) is 36.4 Å². The summed E-state index contributed by atoms with van der Waals surface area (Å²) in [6, 6.07) is 15.5. The first-order valence-corrected chi connectivity index (χ1v) is 4.51. The van der Waals surface area contributed by atoms with Crippen molar-refractivity contribution in [3.05, 3.63) is 59.9 Å². The lowest BCUT2D eigenvalue weighted by molar-refractivity contribution is 0.631. The van der Waals surface area contributed by atoms with Crippen molar-refractivity contribution in [2.75, 3.05) is 0 Å². The summed E-state index contributed by atoms with van der Waals surface area (Å²) in [7, 11) is 0. The van der Waals surface area contributed by atoms with Crippen molar-refractivity contribution in [3.63, 3.8) is 0 Å². The van der Waals surface area contributed by atoms with Crippen LogP contribution in [0.15, 0.2) is 42.5 Å². The van der Waals surface area contributed by atoms with E-state index in [0.29, 0.717) is 5.56 Å². The summed E-state index contributed by atoms with van der Waals surface area (Å²) in [5.41, 5.74) is 2.49. The molecule has 14 heavy (non-hydrogen) atoms. The fraction of sp³-hybridized carbons (Fsp3) is 0.0769. The van der Waals surface area contributed by atoms with E-state index >= 15 is 0 Å². The van der Waals surface area contributed by atoms with Crippen molar-refractivity contribution >= 4 is 0 Å². The Kier molecular flexibility index (Phi) is 2.32. The van der Waals surface area contributed by atoms with E-state index in [4.69, 9.17) is 0 Å². The molecule has 0 fully saturated rings. The van der Waals surface area contributed by atoms with Crippen molar-refractivity contribution in [2.45, 2.75) is 6.92 Å². The molecule has 0 aromatic heterocycles. The number of hydrogen-bond donors (Lipinski definition) is 0. The molecule has 0 heterocycles. The van der Waals surface area contributed by atoms with Crippen LogP contribution in [-0.4, -0.2) is 0 Å².